The Morgan fingerprint density at radius 2 is 1.26 bits per heavy atom. The molecule has 0 radical (unpaired) electrons. The van der Waals surface area contributed by atoms with Crippen LogP contribution in [0.1, 0.15) is 5.56 Å². The SMILES string of the molecule is O=C(COc1ccc(Oc2ccccc2)cc1)N1CCN(Cc2ccccc2)CC1.[Cl-]. The molecule has 1 amide bonds. The van der Waals surface area contributed by atoms with E-state index >= 15 is 0 Å². The number of piperazine rings is 1. The standard InChI is InChI=1S/C25H26N2O3.ClH/c28-25(27-17-15-26(16-18-27)19-21-7-3-1-4-8-21)20-29-22-11-13-24(14-12-22)30-23-9-5-2-6-10-23;/h1-14H,15-20H2;1H/p-1. The second kappa shape index (κ2) is 11.4. The summed E-state index contributed by atoms with van der Waals surface area (Å²) in [7, 11) is 0. The first-order valence-corrected chi connectivity index (χ1v) is 10.3. The highest BCUT2D eigenvalue weighted by molar-refractivity contribution is 5.77. The van der Waals surface area contributed by atoms with Gasteiger partial charge < -0.3 is 26.8 Å². The molecule has 3 aromatic rings. The van der Waals surface area contributed by atoms with Gasteiger partial charge in [0, 0.05) is 32.7 Å². The van der Waals surface area contributed by atoms with Gasteiger partial charge in [0.2, 0.25) is 0 Å². The summed E-state index contributed by atoms with van der Waals surface area (Å²) in [5.74, 6) is 2.20. The average molecular weight is 438 g/mol. The molecule has 3 aromatic carbocycles. The van der Waals surface area contributed by atoms with Crippen molar-refractivity contribution in [3.05, 3.63) is 90.5 Å². The number of hydrogen-bond acceptors (Lipinski definition) is 4. The third-order valence-corrected chi connectivity index (χ3v) is 5.14. The van der Waals surface area contributed by atoms with Crippen molar-refractivity contribution in [1.82, 2.24) is 9.80 Å². The van der Waals surface area contributed by atoms with E-state index in [0.717, 1.165) is 44.2 Å². The minimum Gasteiger partial charge on any atom is -1.00 e. The predicted molar refractivity (Wildman–Crippen MR) is 117 cm³/mol. The molecule has 0 aromatic heterocycles. The monoisotopic (exact) mass is 437 g/mol. The van der Waals surface area contributed by atoms with E-state index in [1.165, 1.54) is 5.56 Å². The summed E-state index contributed by atoms with van der Waals surface area (Å²) in [6.45, 7) is 4.21. The Bertz CT molecular complexity index is 928. The first kappa shape index (κ1) is 22.7. The zero-order valence-electron chi connectivity index (χ0n) is 17.3. The Balaban J connectivity index is 0.00000272. The lowest BCUT2D eigenvalue weighted by atomic mass is 10.2. The van der Waals surface area contributed by atoms with Crippen LogP contribution in [0.25, 0.3) is 0 Å². The number of amides is 1. The van der Waals surface area contributed by atoms with Gasteiger partial charge in [-0.15, -0.1) is 0 Å². The van der Waals surface area contributed by atoms with E-state index in [-0.39, 0.29) is 24.9 Å². The third kappa shape index (κ3) is 6.74. The second-order valence-corrected chi connectivity index (χ2v) is 7.32. The van der Waals surface area contributed by atoms with Gasteiger partial charge in [0.1, 0.15) is 17.2 Å². The Morgan fingerprint density at radius 3 is 1.90 bits per heavy atom. The number of benzene rings is 3. The fourth-order valence-electron chi connectivity index (χ4n) is 3.46. The van der Waals surface area contributed by atoms with Crippen LogP contribution in [-0.2, 0) is 11.3 Å². The topological polar surface area (TPSA) is 42.0 Å². The highest BCUT2D eigenvalue weighted by Gasteiger charge is 2.21. The van der Waals surface area contributed by atoms with E-state index in [1.807, 2.05) is 65.6 Å². The van der Waals surface area contributed by atoms with Gasteiger partial charge in [-0.25, -0.2) is 0 Å². The summed E-state index contributed by atoms with van der Waals surface area (Å²) in [4.78, 5) is 16.8. The van der Waals surface area contributed by atoms with Gasteiger partial charge in [0.05, 0.1) is 0 Å². The van der Waals surface area contributed by atoms with Crippen LogP contribution in [-0.4, -0.2) is 48.5 Å². The maximum absolute atomic E-state index is 12.5. The van der Waals surface area contributed by atoms with Gasteiger partial charge >= 0.3 is 0 Å². The lowest BCUT2D eigenvalue weighted by Gasteiger charge is -2.34. The number of carbonyl (C=O) groups is 1. The summed E-state index contributed by atoms with van der Waals surface area (Å²) >= 11 is 0. The van der Waals surface area contributed by atoms with Crippen LogP contribution in [0.15, 0.2) is 84.9 Å². The number of halogens is 1. The van der Waals surface area contributed by atoms with E-state index in [4.69, 9.17) is 9.47 Å². The van der Waals surface area contributed by atoms with Crippen LogP contribution < -0.4 is 21.9 Å². The normalized spacial score (nSPS) is 13.9. The van der Waals surface area contributed by atoms with E-state index in [1.54, 1.807) is 0 Å². The molecule has 162 valence electrons. The van der Waals surface area contributed by atoms with Crippen molar-refractivity contribution in [2.24, 2.45) is 0 Å². The maximum atomic E-state index is 12.5. The lowest BCUT2D eigenvalue weighted by molar-refractivity contribution is -0.135. The smallest absolute Gasteiger partial charge is 0.260 e. The number of nitrogens with zero attached hydrogens (tertiary/aromatic N) is 2. The molecule has 0 atom stereocenters. The molecule has 0 spiro atoms. The zero-order valence-corrected chi connectivity index (χ0v) is 18.1. The van der Waals surface area contributed by atoms with Crippen molar-refractivity contribution < 1.29 is 26.7 Å². The summed E-state index contributed by atoms with van der Waals surface area (Å²) in [6.07, 6.45) is 0. The van der Waals surface area contributed by atoms with Gasteiger partial charge in [-0.2, -0.15) is 0 Å². The fourth-order valence-corrected chi connectivity index (χ4v) is 3.46. The molecule has 5 nitrogen and oxygen atoms in total. The largest absolute Gasteiger partial charge is 1.00 e. The Morgan fingerprint density at radius 1 is 0.710 bits per heavy atom. The van der Waals surface area contributed by atoms with Crippen molar-refractivity contribution >= 4 is 5.91 Å². The van der Waals surface area contributed by atoms with Gasteiger partial charge in [-0.05, 0) is 42.0 Å². The molecule has 0 N–H and O–H groups in total. The molecule has 0 saturated carbocycles. The van der Waals surface area contributed by atoms with Crippen molar-refractivity contribution in [2.45, 2.75) is 6.54 Å². The summed E-state index contributed by atoms with van der Waals surface area (Å²) in [5.41, 5.74) is 1.31. The molecule has 6 heteroatoms. The van der Waals surface area contributed by atoms with Gasteiger partial charge in [0.25, 0.3) is 5.91 Å². The minimum absolute atomic E-state index is 0. The quantitative estimate of drug-likeness (QED) is 0.557. The van der Waals surface area contributed by atoms with Crippen LogP contribution in [0.5, 0.6) is 17.2 Å². The second-order valence-electron chi connectivity index (χ2n) is 7.32. The average Bonchev–Trinajstić information content (AvgIpc) is 2.80. The van der Waals surface area contributed by atoms with E-state index < -0.39 is 0 Å². The van der Waals surface area contributed by atoms with Crippen LogP contribution >= 0.6 is 0 Å². The Hall–Kier alpha value is -3.02. The summed E-state index contributed by atoms with van der Waals surface area (Å²) in [6, 6.07) is 27.4. The zero-order chi connectivity index (χ0) is 20.6. The molecule has 4 rings (SSSR count). The Kier molecular flexibility index (Phi) is 8.33. The van der Waals surface area contributed by atoms with Crippen LogP contribution in [0.2, 0.25) is 0 Å². The summed E-state index contributed by atoms with van der Waals surface area (Å²) < 4.78 is 11.5. The molecule has 1 fully saturated rings. The van der Waals surface area contributed by atoms with Crippen LogP contribution in [0.3, 0.4) is 0 Å². The molecule has 0 unspecified atom stereocenters. The molecule has 1 heterocycles. The van der Waals surface area contributed by atoms with Crippen molar-refractivity contribution in [3.8, 4) is 17.2 Å². The molecule has 1 aliphatic heterocycles. The lowest BCUT2D eigenvalue weighted by Crippen LogP contribution is -3.00. The number of ether oxygens (including phenoxy) is 2. The molecule has 0 aliphatic carbocycles. The minimum atomic E-state index is 0. The number of para-hydroxylation sites is 1. The first-order valence-electron chi connectivity index (χ1n) is 10.3. The number of hydrogen-bond donors (Lipinski definition) is 0. The Labute approximate surface area is 189 Å². The van der Waals surface area contributed by atoms with E-state index in [2.05, 4.69) is 29.2 Å². The predicted octanol–water partition coefficient (Wildman–Crippen LogP) is 1.21. The molecule has 0 bridgehead atoms. The number of carbonyl (C=O) groups excluding carboxylic acids is 1. The van der Waals surface area contributed by atoms with Crippen LogP contribution in [0, 0.1) is 0 Å². The molecular weight excluding hydrogens is 412 g/mol. The van der Waals surface area contributed by atoms with E-state index in [0.29, 0.717) is 5.75 Å². The molecular formula is C25H26ClN2O3-. The van der Waals surface area contributed by atoms with Crippen molar-refractivity contribution in [3.63, 3.8) is 0 Å². The number of rotatable bonds is 7. The highest BCUT2D eigenvalue weighted by Crippen LogP contribution is 2.23. The molecule has 1 aliphatic rings. The molecule has 31 heavy (non-hydrogen) atoms. The van der Waals surface area contributed by atoms with Gasteiger partial charge in [-0.1, -0.05) is 48.5 Å². The van der Waals surface area contributed by atoms with Crippen molar-refractivity contribution in [1.29, 1.82) is 0 Å². The van der Waals surface area contributed by atoms with Crippen LogP contribution in [0.4, 0.5) is 0 Å². The summed E-state index contributed by atoms with van der Waals surface area (Å²) in [5, 5.41) is 0. The highest BCUT2D eigenvalue weighted by atomic mass is 35.5. The van der Waals surface area contributed by atoms with Crippen molar-refractivity contribution in [2.75, 3.05) is 32.8 Å². The van der Waals surface area contributed by atoms with Gasteiger partial charge in [0.15, 0.2) is 6.61 Å². The van der Waals surface area contributed by atoms with Gasteiger partial charge in [-0.3, -0.25) is 9.69 Å². The fraction of sp³-hybridized carbons (Fsp3) is 0.240. The first-order chi connectivity index (χ1) is 14.8. The molecule has 1 saturated heterocycles. The van der Waals surface area contributed by atoms with E-state index in [9.17, 15) is 4.79 Å². The third-order valence-electron chi connectivity index (χ3n) is 5.14. The maximum Gasteiger partial charge on any atom is 0.260 e.